The van der Waals surface area contributed by atoms with Crippen LogP contribution >= 0.6 is 0 Å². The summed E-state index contributed by atoms with van der Waals surface area (Å²) < 4.78 is 31.9. The van der Waals surface area contributed by atoms with Crippen LogP contribution in [0.1, 0.15) is 19.8 Å². The molecule has 2 rings (SSSR count). The Labute approximate surface area is 118 Å². The van der Waals surface area contributed by atoms with Gasteiger partial charge in [0.15, 0.2) is 0 Å². The number of aliphatic hydroxyl groups excluding tert-OH is 2. The second kappa shape index (κ2) is 5.94. The number of rotatable bonds is 4. The molecule has 0 aromatic carbocycles. The molecule has 2 aliphatic rings. The van der Waals surface area contributed by atoms with Crippen LogP contribution in [-0.4, -0.2) is 77.7 Å². The minimum Gasteiger partial charge on any atom is -0.465 e. The van der Waals surface area contributed by atoms with Gasteiger partial charge in [0.2, 0.25) is 0 Å². The molecule has 0 aromatic heterocycles. The van der Waals surface area contributed by atoms with E-state index in [4.69, 9.17) is 4.74 Å². The van der Waals surface area contributed by atoms with Crippen molar-refractivity contribution in [3.05, 3.63) is 0 Å². The van der Waals surface area contributed by atoms with Gasteiger partial charge in [-0.05, 0) is 19.8 Å². The quantitative estimate of drug-likeness (QED) is 0.599. The minimum absolute atomic E-state index is 0.157. The van der Waals surface area contributed by atoms with Gasteiger partial charge < -0.3 is 14.9 Å². The number of β-amino-alcohol motifs (C(OH)–C–C–N with tert-alkyl or cyclic N) is 2. The van der Waals surface area contributed by atoms with Crippen LogP contribution in [-0.2, 0) is 19.7 Å². The molecule has 2 fully saturated rings. The van der Waals surface area contributed by atoms with Gasteiger partial charge in [-0.15, -0.1) is 0 Å². The zero-order chi connectivity index (χ0) is 14.9. The van der Waals surface area contributed by atoms with Crippen molar-refractivity contribution in [3.8, 4) is 0 Å². The average molecular weight is 308 g/mol. The maximum Gasteiger partial charge on any atom is 0.324 e. The number of aliphatic hydroxyl groups is 2. The Morgan fingerprint density at radius 2 is 1.90 bits per heavy atom. The molecule has 20 heavy (non-hydrogen) atoms. The molecule has 3 atom stereocenters. The summed E-state index contributed by atoms with van der Waals surface area (Å²) in [6, 6.07) is -0.810. The molecule has 116 valence electrons. The van der Waals surface area contributed by atoms with E-state index in [1.807, 2.05) is 0 Å². The summed E-state index contributed by atoms with van der Waals surface area (Å²) in [6.07, 6.45) is -1.17. The standard InChI is InChI=1S/C11H20N2O6S/c1-2-19-11(16)8-4-3-5-13(8)20(17,18)12-6-9(14)10(15)7-12/h8-10,14-15H,2-7H2,1H3/t8?,9-,10+. The Bertz CT molecular complexity index is 458. The number of ether oxygens (including phenoxy) is 1. The van der Waals surface area contributed by atoms with Gasteiger partial charge in [-0.1, -0.05) is 0 Å². The van der Waals surface area contributed by atoms with Gasteiger partial charge in [-0.2, -0.15) is 17.0 Å². The summed E-state index contributed by atoms with van der Waals surface area (Å²) >= 11 is 0. The van der Waals surface area contributed by atoms with Crippen molar-refractivity contribution in [2.24, 2.45) is 0 Å². The van der Waals surface area contributed by atoms with Crippen LogP contribution < -0.4 is 0 Å². The summed E-state index contributed by atoms with van der Waals surface area (Å²) in [5, 5.41) is 18.9. The Hall–Kier alpha value is -0.740. The van der Waals surface area contributed by atoms with E-state index in [9.17, 15) is 23.4 Å². The number of carbonyl (C=O) groups excluding carboxylic acids is 1. The smallest absolute Gasteiger partial charge is 0.324 e. The van der Waals surface area contributed by atoms with Crippen molar-refractivity contribution in [2.45, 2.75) is 38.0 Å². The number of hydrogen-bond donors (Lipinski definition) is 2. The van der Waals surface area contributed by atoms with Gasteiger partial charge in [-0.25, -0.2) is 0 Å². The molecule has 1 unspecified atom stereocenters. The number of nitrogens with zero attached hydrogens (tertiary/aromatic N) is 2. The van der Waals surface area contributed by atoms with Crippen LogP contribution in [0.2, 0.25) is 0 Å². The van der Waals surface area contributed by atoms with E-state index in [2.05, 4.69) is 0 Å². The van der Waals surface area contributed by atoms with Gasteiger partial charge in [0, 0.05) is 19.6 Å². The third kappa shape index (κ3) is 2.82. The number of hydrogen-bond acceptors (Lipinski definition) is 6. The molecule has 0 spiro atoms. The van der Waals surface area contributed by atoms with Crippen molar-refractivity contribution in [1.82, 2.24) is 8.61 Å². The van der Waals surface area contributed by atoms with Crippen molar-refractivity contribution >= 4 is 16.2 Å². The molecule has 8 nitrogen and oxygen atoms in total. The van der Waals surface area contributed by atoms with E-state index in [1.54, 1.807) is 6.92 Å². The fourth-order valence-electron chi connectivity index (χ4n) is 2.56. The highest BCUT2D eigenvalue weighted by Gasteiger charge is 2.46. The minimum atomic E-state index is -3.87. The van der Waals surface area contributed by atoms with Gasteiger partial charge in [0.05, 0.1) is 18.8 Å². The van der Waals surface area contributed by atoms with Crippen LogP contribution in [0.5, 0.6) is 0 Å². The average Bonchev–Trinajstić information content (AvgIpc) is 2.98. The fraction of sp³-hybridized carbons (Fsp3) is 0.909. The van der Waals surface area contributed by atoms with E-state index in [1.165, 1.54) is 0 Å². The maximum absolute atomic E-state index is 12.5. The van der Waals surface area contributed by atoms with E-state index in [0.29, 0.717) is 12.8 Å². The van der Waals surface area contributed by atoms with Crippen LogP contribution in [0.3, 0.4) is 0 Å². The maximum atomic E-state index is 12.5. The Morgan fingerprint density at radius 3 is 2.45 bits per heavy atom. The van der Waals surface area contributed by atoms with E-state index in [-0.39, 0.29) is 26.2 Å². The predicted octanol–water partition coefficient (Wildman–Crippen LogP) is -1.70. The highest BCUT2D eigenvalue weighted by Crippen LogP contribution is 2.26. The third-order valence-electron chi connectivity index (χ3n) is 3.61. The van der Waals surface area contributed by atoms with Crippen LogP contribution in [0.25, 0.3) is 0 Å². The van der Waals surface area contributed by atoms with E-state index < -0.39 is 34.4 Å². The number of carbonyl (C=O) groups is 1. The molecule has 0 aromatic rings. The molecule has 0 amide bonds. The molecule has 0 radical (unpaired) electrons. The summed E-state index contributed by atoms with van der Waals surface area (Å²) in [5.74, 6) is -0.547. The van der Waals surface area contributed by atoms with Gasteiger partial charge in [0.1, 0.15) is 6.04 Å². The molecule has 2 N–H and O–H groups in total. The lowest BCUT2D eigenvalue weighted by molar-refractivity contribution is -0.146. The molecular weight excluding hydrogens is 288 g/mol. The Kier molecular flexibility index (Phi) is 4.65. The first kappa shape index (κ1) is 15.6. The van der Waals surface area contributed by atoms with E-state index >= 15 is 0 Å². The van der Waals surface area contributed by atoms with Gasteiger partial charge >= 0.3 is 5.97 Å². The first-order chi connectivity index (χ1) is 9.37. The molecule has 2 heterocycles. The highest BCUT2D eigenvalue weighted by molar-refractivity contribution is 7.86. The fourth-order valence-corrected chi connectivity index (χ4v) is 4.41. The number of esters is 1. The topological polar surface area (TPSA) is 107 Å². The SMILES string of the molecule is CCOC(=O)C1CCCN1S(=O)(=O)N1C[C@@H](O)[C@@H](O)C1. The van der Waals surface area contributed by atoms with Crippen molar-refractivity contribution < 1.29 is 28.2 Å². The molecule has 0 bridgehead atoms. The largest absolute Gasteiger partial charge is 0.465 e. The molecule has 2 aliphatic heterocycles. The summed E-state index contributed by atoms with van der Waals surface area (Å²) in [5.41, 5.74) is 0. The molecule has 0 aliphatic carbocycles. The van der Waals surface area contributed by atoms with Crippen molar-refractivity contribution in [2.75, 3.05) is 26.2 Å². The van der Waals surface area contributed by atoms with Crippen molar-refractivity contribution in [3.63, 3.8) is 0 Å². The van der Waals surface area contributed by atoms with Gasteiger partial charge in [0.25, 0.3) is 10.2 Å². The molecule has 9 heteroatoms. The second-order valence-corrected chi connectivity index (χ2v) is 6.86. The molecule has 2 saturated heterocycles. The lowest BCUT2D eigenvalue weighted by Gasteiger charge is -2.27. The first-order valence-electron chi connectivity index (χ1n) is 6.67. The molecule has 0 saturated carbocycles. The summed E-state index contributed by atoms with van der Waals surface area (Å²) in [7, 11) is -3.87. The lowest BCUT2D eigenvalue weighted by atomic mass is 10.2. The zero-order valence-corrected chi connectivity index (χ0v) is 12.1. The van der Waals surface area contributed by atoms with Crippen LogP contribution in [0, 0.1) is 0 Å². The normalized spacial score (nSPS) is 32.6. The van der Waals surface area contributed by atoms with Gasteiger partial charge in [-0.3, -0.25) is 4.79 Å². The molecular formula is C11H20N2O6S. The zero-order valence-electron chi connectivity index (χ0n) is 11.3. The summed E-state index contributed by atoms with van der Waals surface area (Å²) in [4.78, 5) is 11.8. The third-order valence-corrected chi connectivity index (χ3v) is 5.59. The Morgan fingerprint density at radius 1 is 1.30 bits per heavy atom. The Balaban J connectivity index is 2.14. The lowest BCUT2D eigenvalue weighted by Crippen LogP contribution is -2.48. The van der Waals surface area contributed by atoms with Crippen molar-refractivity contribution in [1.29, 1.82) is 0 Å². The first-order valence-corrected chi connectivity index (χ1v) is 8.07. The van der Waals surface area contributed by atoms with E-state index in [0.717, 1.165) is 8.61 Å². The monoisotopic (exact) mass is 308 g/mol. The predicted molar refractivity (Wildman–Crippen MR) is 68.9 cm³/mol. The second-order valence-electron chi connectivity index (χ2n) is 4.98. The highest BCUT2D eigenvalue weighted by atomic mass is 32.2. The van der Waals surface area contributed by atoms with Crippen LogP contribution in [0.4, 0.5) is 0 Å². The van der Waals surface area contributed by atoms with Crippen LogP contribution in [0.15, 0.2) is 0 Å². The summed E-state index contributed by atoms with van der Waals surface area (Å²) in [6.45, 7) is 1.79.